The average Bonchev–Trinajstić information content (AvgIpc) is 2.97. The molecule has 0 bridgehead atoms. The van der Waals surface area contributed by atoms with Crippen LogP contribution in [0, 0.1) is 5.92 Å². The summed E-state index contributed by atoms with van der Waals surface area (Å²) in [6.45, 7) is 9.19. The standard InChI is InChI=1S/C15H26N4O/c1-13(2)11-20-12-14(19-7-3-4-8-19)9-18-15-10-16-5-6-17-15/h5-6,10,13-14H,3-4,7-9,11-12H2,1-2H3,(H,17,18). The predicted octanol–water partition coefficient (Wildman–Crippen LogP) is 2.03. The minimum atomic E-state index is 0.415. The molecule has 1 fully saturated rings. The Hall–Kier alpha value is -1.20. The molecule has 2 rings (SSSR count). The quantitative estimate of drug-likeness (QED) is 0.788. The van der Waals surface area contributed by atoms with E-state index in [1.54, 1.807) is 18.6 Å². The number of nitrogens with one attached hydrogen (secondary N) is 1. The maximum atomic E-state index is 5.84. The fourth-order valence-electron chi connectivity index (χ4n) is 2.45. The van der Waals surface area contributed by atoms with Gasteiger partial charge in [0.05, 0.1) is 18.8 Å². The first-order valence-electron chi connectivity index (χ1n) is 7.57. The van der Waals surface area contributed by atoms with Gasteiger partial charge in [-0.05, 0) is 31.8 Å². The van der Waals surface area contributed by atoms with Crippen LogP contribution in [0.3, 0.4) is 0 Å². The van der Waals surface area contributed by atoms with Crippen LogP contribution in [0.2, 0.25) is 0 Å². The van der Waals surface area contributed by atoms with Crippen LogP contribution in [-0.4, -0.2) is 53.8 Å². The van der Waals surface area contributed by atoms with E-state index in [0.717, 1.165) is 25.6 Å². The summed E-state index contributed by atoms with van der Waals surface area (Å²) in [6, 6.07) is 0.415. The molecule has 0 spiro atoms. The lowest BCUT2D eigenvalue weighted by Gasteiger charge is -2.28. The van der Waals surface area contributed by atoms with Crippen LogP contribution < -0.4 is 5.32 Å². The van der Waals surface area contributed by atoms with Crippen LogP contribution in [-0.2, 0) is 4.74 Å². The van der Waals surface area contributed by atoms with Crippen molar-refractivity contribution in [2.45, 2.75) is 32.7 Å². The molecule has 0 aliphatic carbocycles. The number of hydrogen-bond acceptors (Lipinski definition) is 5. The van der Waals surface area contributed by atoms with E-state index < -0.39 is 0 Å². The molecule has 5 nitrogen and oxygen atoms in total. The van der Waals surface area contributed by atoms with Gasteiger partial charge < -0.3 is 10.1 Å². The first-order valence-corrected chi connectivity index (χ1v) is 7.57. The van der Waals surface area contributed by atoms with Crippen LogP contribution in [0.4, 0.5) is 5.82 Å². The van der Waals surface area contributed by atoms with Gasteiger partial charge in [-0.2, -0.15) is 0 Å². The maximum absolute atomic E-state index is 5.84. The Morgan fingerprint density at radius 1 is 1.25 bits per heavy atom. The number of hydrogen-bond donors (Lipinski definition) is 1. The van der Waals surface area contributed by atoms with Crippen molar-refractivity contribution in [3.8, 4) is 0 Å². The van der Waals surface area contributed by atoms with E-state index in [9.17, 15) is 0 Å². The van der Waals surface area contributed by atoms with Gasteiger partial charge in [-0.25, -0.2) is 4.98 Å². The Morgan fingerprint density at radius 3 is 2.70 bits per heavy atom. The summed E-state index contributed by atoms with van der Waals surface area (Å²) >= 11 is 0. The topological polar surface area (TPSA) is 50.3 Å². The smallest absolute Gasteiger partial charge is 0.144 e. The van der Waals surface area contributed by atoms with Crippen LogP contribution >= 0.6 is 0 Å². The Balaban J connectivity index is 1.82. The highest BCUT2D eigenvalue weighted by molar-refractivity contribution is 5.29. The van der Waals surface area contributed by atoms with Gasteiger partial charge in [-0.15, -0.1) is 0 Å². The fourth-order valence-corrected chi connectivity index (χ4v) is 2.45. The third-order valence-corrected chi connectivity index (χ3v) is 3.50. The minimum absolute atomic E-state index is 0.415. The first kappa shape index (κ1) is 15.2. The van der Waals surface area contributed by atoms with E-state index >= 15 is 0 Å². The second-order valence-electron chi connectivity index (χ2n) is 5.80. The summed E-state index contributed by atoms with van der Waals surface area (Å²) < 4.78 is 5.84. The van der Waals surface area contributed by atoms with Gasteiger partial charge in [0, 0.05) is 25.5 Å². The van der Waals surface area contributed by atoms with Crippen molar-refractivity contribution in [1.29, 1.82) is 0 Å². The van der Waals surface area contributed by atoms with Gasteiger partial charge >= 0.3 is 0 Å². The van der Waals surface area contributed by atoms with Crippen molar-refractivity contribution in [3.63, 3.8) is 0 Å². The zero-order valence-electron chi connectivity index (χ0n) is 12.6. The molecule has 5 heteroatoms. The summed E-state index contributed by atoms with van der Waals surface area (Å²) in [5.41, 5.74) is 0. The first-order chi connectivity index (χ1) is 9.75. The summed E-state index contributed by atoms with van der Waals surface area (Å²) in [6.07, 6.45) is 7.75. The Kier molecular flexibility index (Phi) is 6.21. The minimum Gasteiger partial charge on any atom is -0.379 e. The molecule has 1 aliphatic heterocycles. The Labute approximate surface area is 121 Å². The molecule has 1 aromatic heterocycles. The average molecular weight is 278 g/mol. The second kappa shape index (κ2) is 8.17. The van der Waals surface area contributed by atoms with Gasteiger partial charge in [0.1, 0.15) is 5.82 Å². The van der Waals surface area contributed by atoms with E-state index in [0.29, 0.717) is 12.0 Å². The van der Waals surface area contributed by atoms with Crippen molar-refractivity contribution < 1.29 is 4.74 Å². The van der Waals surface area contributed by atoms with E-state index in [-0.39, 0.29) is 0 Å². The lowest BCUT2D eigenvalue weighted by atomic mass is 10.2. The normalized spacial score (nSPS) is 17.6. The molecule has 0 aromatic carbocycles. The number of likely N-dealkylation sites (tertiary alicyclic amines) is 1. The number of nitrogens with zero attached hydrogens (tertiary/aromatic N) is 3. The Morgan fingerprint density at radius 2 is 2.05 bits per heavy atom. The zero-order chi connectivity index (χ0) is 14.2. The lowest BCUT2D eigenvalue weighted by Crippen LogP contribution is -2.42. The molecule has 1 unspecified atom stereocenters. The van der Waals surface area contributed by atoms with Crippen LogP contribution in [0.5, 0.6) is 0 Å². The number of anilines is 1. The molecule has 0 radical (unpaired) electrons. The molecule has 0 saturated carbocycles. The molecule has 112 valence electrons. The highest BCUT2D eigenvalue weighted by Crippen LogP contribution is 2.13. The number of ether oxygens (including phenoxy) is 1. The molecule has 1 aromatic rings. The van der Waals surface area contributed by atoms with Gasteiger partial charge in [-0.3, -0.25) is 9.88 Å². The van der Waals surface area contributed by atoms with Gasteiger partial charge in [0.25, 0.3) is 0 Å². The predicted molar refractivity (Wildman–Crippen MR) is 80.8 cm³/mol. The maximum Gasteiger partial charge on any atom is 0.144 e. The zero-order valence-corrected chi connectivity index (χ0v) is 12.6. The molecular formula is C15H26N4O. The van der Waals surface area contributed by atoms with E-state index in [4.69, 9.17) is 4.74 Å². The molecular weight excluding hydrogens is 252 g/mol. The SMILES string of the molecule is CC(C)COCC(CNc1cnccn1)N1CCCC1. The molecule has 20 heavy (non-hydrogen) atoms. The number of rotatable bonds is 8. The second-order valence-corrected chi connectivity index (χ2v) is 5.80. The van der Waals surface area contributed by atoms with Crippen LogP contribution in [0.15, 0.2) is 18.6 Å². The monoisotopic (exact) mass is 278 g/mol. The third kappa shape index (κ3) is 5.06. The van der Waals surface area contributed by atoms with Crippen LogP contribution in [0.1, 0.15) is 26.7 Å². The van der Waals surface area contributed by atoms with Crippen molar-refractivity contribution >= 4 is 5.82 Å². The highest BCUT2D eigenvalue weighted by Gasteiger charge is 2.22. The summed E-state index contributed by atoms with van der Waals surface area (Å²) in [4.78, 5) is 10.8. The summed E-state index contributed by atoms with van der Waals surface area (Å²) in [5.74, 6) is 1.42. The molecule has 1 atom stereocenters. The molecule has 1 N–H and O–H groups in total. The third-order valence-electron chi connectivity index (χ3n) is 3.50. The van der Waals surface area contributed by atoms with Crippen LogP contribution in [0.25, 0.3) is 0 Å². The molecule has 2 heterocycles. The fraction of sp³-hybridized carbons (Fsp3) is 0.733. The van der Waals surface area contributed by atoms with Crippen molar-refractivity contribution in [3.05, 3.63) is 18.6 Å². The van der Waals surface area contributed by atoms with E-state index in [2.05, 4.69) is 34.0 Å². The van der Waals surface area contributed by atoms with Gasteiger partial charge in [0.15, 0.2) is 0 Å². The molecule has 1 saturated heterocycles. The van der Waals surface area contributed by atoms with Crippen molar-refractivity contribution in [2.75, 3.05) is 38.2 Å². The van der Waals surface area contributed by atoms with E-state index in [1.165, 1.54) is 25.9 Å². The highest BCUT2D eigenvalue weighted by atomic mass is 16.5. The Bertz CT molecular complexity index is 365. The molecule has 1 aliphatic rings. The number of aromatic nitrogens is 2. The van der Waals surface area contributed by atoms with Gasteiger partial charge in [-0.1, -0.05) is 13.8 Å². The van der Waals surface area contributed by atoms with Crippen molar-refractivity contribution in [2.24, 2.45) is 5.92 Å². The molecule has 0 amide bonds. The van der Waals surface area contributed by atoms with Crippen molar-refractivity contribution in [1.82, 2.24) is 14.9 Å². The van der Waals surface area contributed by atoms with E-state index in [1.807, 2.05) is 0 Å². The van der Waals surface area contributed by atoms with Gasteiger partial charge in [0.2, 0.25) is 0 Å². The summed E-state index contributed by atoms with van der Waals surface area (Å²) in [7, 11) is 0. The lowest BCUT2D eigenvalue weighted by molar-refractivity contribution is 0.0590. The summed E-state index contributed by atoms with van der Waals surface area (Å²) in [5, 5.41) is 3.36. The largest absolute Gasteiger partial charge is 0.379 e.